The van der Waals surface area contributed by atoms with Gasteiger partial charge in [0.2, 0.25) is 0 Å². The Morgan fingerprint density at radius 1 is 1.23 bits per heavy atom. The smallest absolute Gasteiger partial charge is 0.318 e. The maximum Gasteiger partial charge on any atom is 0.328 e. The summed E-state index contributed by atoms with van der Waals surface area (Å²) in [6.45, 7) is 5.77. The Kier molecular flexibility index (Phi) is 4.33. The normalized spacial score (nSPS) is 15.7. The fourth-order valence-corrected chi connectivity index (χ4v) is 3.09. The predicted molar refractivity (Wildman–Crippen MR) is 95.8 cm³/mol. The van der Waals surface area contributed by atoms with Crippen molar-refractivity contribution in [1.29, 1.82) is 0 Å². The van der Waals surface area contributed by atoms with Crippen LogP contribution in [-0.4, -0.2) is 32.9 Å². The number of amides is 3. The fraction of sp³-hybridized carbons (Fsp3) is 0.222. The number of aryl methyl sites for hydroxylation is 1. The number of hydrogen-bond donors (Lipinski definition) is 1. The molecular weight excluding hydrogens is 336 g/mol. The quantitative estimate of drug-likeness (QED) is 0.395. The van der Waals surface area contributed by atoms with Gasteiger partial charge in [-0.3, -0.25) is 19.8 Å². The molecule has 0 radical (unpaired) electrons. The molecule has 1 saturated heterocycles. The van der Waals surface area contributed by atoms with Gasteiger partial charge in [0.25, 0.3) is 11.6 Å². The lowest BCUT2D eigenvalue weighted by Crippen LogP contribution is -2.30. The van der Waals surface area contributed by atoms with Crippen LogP contribution in [0.1, 0.15) is 23.9 Å². The molecule has 3 rings (SSSR count). The van der Waals surface area contributed by atoms with Gasteiger partial charge in [0.15, 0.2) is 0 Å². The monoisotopic (exact) mass is 354 g/mol. The minimum absolute atomic E-state index is 0.00623. The van der Waals surface area contributed by atoms with Crippen molar-refractivity contribution in [2.24, 2.45) is 0 Å². The first-order valence-electron chi connectivity index (χ1n) is 8.11. The van der Waals surface area contributed by atoms with Gasteiger partial charge in [-0.15, -0.1) is 0 Å². The van der Waals surface area contributed by atoms with Crippen LogP contribution in [0.25, 0.3) is 11.8 Å². The summed E-state index contributed by atoms with van der Waals surface area (Å²) < 4.78 is 1.87. The van der Waals surface area contributed by atoms with Gasteiger partial charge < -0.3 is 9.88 Å². The number of hydrogen-bond acceptors (Lipinski definition) is 4. The lowest BCUT2D eigenvalue weighted by molar-refractivity contribution is -0.384. The summed E-state index contributed by atoms with van der Waals surface area (Å²) >= 11 is 0. The number of nitrogens with zero attached hydrogens (tertiary/aromatic N) is 3. The number of non-ortho nitro benzene ring substituents is 1. The van der Waals surface area contributed by atoms with Crippen LogP contribution in [0.15, 0.2) is 36.0 Å². The van der Waals surface area contributed by atoms with Crippen molar-refractivity contribution >= 4 is 23.7 Å². The average Bonchev–Trinajstić information content (AvgIpc) is 3.03. The van der Waals surface area contributed by atoms with Crippen LogP contribution in [0.2, 0.25) is 0 Å². The number of carbonyl (C=O) groups excluding carboxylic acids is 2. The number of imide groups is 1. The number of aromatic nitrogens is 1. The van der Waals surface area contributed by atoms with Crippen LogP contribution in [-0.2, 0) is 4.79 Å². The highest BCUT2D eigenvalue weighted by atomic mass is 16.6. The Morgan fingerprint density at radius 2 is 1.96 bits per heavy atom. The molecule has 1 N–H and O–H groups in total. The van der Waals surface area contributed by atoms with Gasteiger partial charge in [0.05, 0.1) is 10.6 Å². The number of urea groups is 1. The van der Waals surface area contributed by atoms with Crippen molar-refractivity contribution in [3.8, 4) is 5.69 Å². The Morgan fingerprint density at radius 3 is 2.58 bits per heavy atom. The van der Waals surface area contributed by atoms with Crippen molar-refractivity contribution < 1.29 is 14.5 Å². The molecule has 1 aromatic carbocycles. The van der Waals surface area contributed by atoms with Crippen molar-refractivity contribution in [2.45, 2.75) is 20.8 Å². The van der Waals surface area contributed by atoms with Crippen molar-refractivity contribution in [1.82, 2.24) is 14.8 Å². The molecule has 0 atom stereocenters. The summed E-state index contributed by atoms with van der Waals surface area (Å²) in [7, 11) is 0. The molecule has 0 unspecified atom stereocenters. The van der Waals surface area contributed by atoms with Crippen LogP contribution in [0.5, 0.6) is 0 Å². The summed E-state index contributed by atoms with van der Waals surface area (Å²) in [5.74, 6) is -0.363. The van der Waals surface area contributed by atoms with Gasteiger partial charge in [-0.1, -0.05) is 6.07 Å². The van der Waals surface area contributed by atoms with Crippen LogP contribution in [0.3, 0.4) is 0 Å². The number of rotatable bonds is 4. The first kappa shape index (κ1) is 17.4. The van der Waals surface area contributed by atoms with Crippen molar-refractivity contribution in [3.05, 3.63) is 63.1 Å². The predicted octanol–water partition coefficient (Wildman–Crippen LogP) is 2.91. The molecule has 8 nitrogen and oxygen atoms in total. The Bertz CT molecular complexity index is 958. The Labute approximate surface area is 149 Å². The zero-order valence-electron chi connectivity index (χ0n) is 14.6. The lowest BCUT2D eigenvalue weighted by Gasteiger charge is -2.09. The number of nitro groups is 1. The van der Waals surface area contributed by atoms with Gasteiger partial charge in [0.1, 0.15) is 5.70 Å². The second-order valence-electron chi connectivity index (χ2n) is 5.98. The number of likely N-dealkylation sites (N-methyl/N-ethyl adjacent to an activating group) is 1. The molecule has 2 aromatic rings. The highest BCUT2D eigenvalue weighted by Gasteiger charge is 2.32. The average molecular weight is 354 g/mol. The molecule has 0 saturated carbocycles. The van der Waals surface area contributed by atoms with Crippen LogP contribution < -0.4 is 5.32 Å². The summed E-state index contributed by atoms with van der Waals surface area (Å²) in [6.07, 6.45) is 1.63. The third kappa shape index (κ3) is 2.85. The van der Waals surface area contributed by atoms with E-state index in [9.17, 15) is 19.7 Å². The molecule has 2 heterocycles. The zero-order valence-corrected chi connectivity index (χ0v) is 14.6. The van der Waals surface area contributed by atoms with E-state index in [-0.39, 0.29) is 17.3 Å². The van der Waals surface area contributed by atoms with E-state index >= 15 is 0 Å². The summed E-state index contributed by atoms with van der Waals surface area (Å²) in [5, 5.41) is 13.6. The fourth-order valence-electron chi connectivity index (χ4n) is 3.09. The van der Waals surface area contributed by atoms with Crippen LogP contribution in [0, 0.1) is 24.0 Å². The van der Waals surface area contributed by atoms with E-state index in [0.29, 0.717) is 12.2 Å². The summed E-state index contributed by atoms with van der Waals surface area (Å²) in [5.41, 5.74) is 3.32. The highest BCUT2D eigenvalue weighted by Crippen LogP contribution is 2.25. The number of carbonyl (C=O) groups is 2. The SMILES string of the molecule is CCN1C(=O)N/C(=C/c2cc(C)n(-c3cccc([N+](=O)[O-])c3)c2C)C1=O. The molecule has 26 heavy (non-hydrogen) atoms. The summed E-state index contributed by atoms with van der Waals surface area (Å²) in [6, 6.07) is 7.78. The number of nitro benzene ring substituents is 1. The van der Waals surface area contributed by atoms with E-state index in [0.717, 1.165) is 21.9 Å². The lowest BCUT2D eigenvalue weighted by atomic mass is 10.2. The Hall–Kier alpha value is -3.42. The molecule has 134 valence electrons. The second kappa shape index (κ2) is 6.47. The minimum Gasteiger partial charge on any atom is -0.318 e. The number of benzene rings is 1. The standard InChI is InChI=1S/C18H18N4O4/c1-4-20-17(23)16(19-18(20)24)9-13-8-11(2)21(12(13)3)14-6-5-7-15(10-14)22(25)26/h5-10H,4H2,1-3H3,(H,19,24)/b16-9+. The highest BCUT2D eigenvalue weighted by molar-refractivity contribution is 6.14. The second-order valence-corrected chi connectivity index (χ2v) is 5.98. The van der Waals surface area contributed by atoms with Crippen LogP contribution in [0.4, 0.5) is 10.5 Å². The number of nitrogens with one attached hydrogen (secondary N) is 1. The molecule has 1 aliphatic rings. The minimum atomic E-state index is -0.438. The van der Waals surface area contributed by atoms with Gasteiger partial charge >= 0.3 is 6.03 Å². The zero-order chi connectivity index (χ0) is 19.0. The summed E-state index contributed by atoms with van der Waals surface area (Å²) in [4.78, 5) is 35.7. The molecule has 1 aliphatic heterocycles. The van der Waals surface area contributed by atoms with E-state index in [2.05, 4.69) is 5.32 Å². The maximum absolute atomic E-state index is 12.2. The third-order valence-electron chi connectivity index (χ3n) is 4.35. The molecule has 3 amide bonds. The first-order valence-corrected chi connectivity index (χ1v) is 8.11. The molecule has 0 spiro atoms. The van der Waals surface area contributed by atoms with E-state index in [1.807, 2.05) is 24.5 Å². The van der Waals surface area contributed by atoms with Crippen molar-refractivity contribution in [3.63, 3.8) is 0 Å². The Balaban J connectivity index is 2.03. The maximum atomic E-state index is 12.2. The first-order chi connectivity index (χ1) is 12.3. The largest absolute Gasteiger partial charge is 0.328 e. The van der Waals surface area contributed by atoms with E-state index in [1.165, 1.54) is 12.1 Å². The van der Waals surface area contributed by atoms with E-state index in [1.54, 1.807) is 25.1 Å². The van der Waals surface area contributed by atoms with E-state index in [4.69, 9.17) is 0 Å². The molecule has 0 aliphatic carbocycles. The van der Waals surface area contributed by atoms with Crippen molar-refractivity contribution in [2.75, 3.05) is 6.54 Å². The topological polar surface area (TPSA) is 97.5 Å². The van der Waals surface area contributed by atoms with Gasteiger partial charge in [0, 0.05) is 30.1 Å². The third-order valence-corrected chi connectivity index (χ3v) is 4.35. The molecule has 1 aromatic heterocycles. The molecular formula is C18H18N4O4. The van der Waals surface area contributed by atoms with Gasteiger partial charge in [-0.05, 0) is 44.5 Å². The molecule has 8 heteroatoms. The molecule has 1 fully saturated rings. The van der Waals surface area contributed by atoms with Crippen LogP contribution >= 0.6 is 0 Å². The molecule has 0 bridgehead atoms. The van der Waals surface area contributed by atoms with E-state index < -0.39 is 11.0 Å². The van der Waals surface area contributed by atoms with Gasteiger partial charge in [-0.25, -0.2) is 4.79 Å². The van der Waals surface area contributed by atoms with Gasteiger partial charge in [-0.2, -0.15) is 0 Å².